The van der Waals surface area contributed by atoms with Crippen molar-refractivity contribution in [1.82, 2.24) is 10.2 Å². The van der Waals surface area contributed by atoms with Crippen LogP contribution < -0.4 is 5.32 Å². The van der Waals surface area contributed by atoms with Crippen LogP contribution in [0.15, 0.2) is 12.2 Å². The number of ether oxygens (including phenoxy) is 1. The Hall–Kier alpha value is -1.94. The van der Waals surface area contributed by atoms with Crippen molar-refractivity contribution in [1.29, 1.82) is 0 Å². The number of ketones is 1. The number of aliphatic hydroxyl groups excluding tert-OH is 1. The molecule has 2 N–H and O–H groups in total. The van der Waals surface area contributed by atoms with Gasteiger partial charge in [-0.2, -0.15) is 13.2 Å². The molecule has 5 fully saturated rings. The van der Waals surface area contributed by atoms with E-state index in [1.165, 1.54) is 0 Å². The van der Waals surface area contributed by atoms with E-state index in [1.54, 1.807) is 6.92 Å². The minimum atomic E-state index is -4.58. The van der Waals surface area contributed by atoms with Crippen molar-refractivity contribution in [2.75, 3.05) is 19.6 Å². The summed E-state index contributed by atoms with van der Waals surface area (Å²) >= 11 is 0. The predicted molar refractivity (Wildman–Crippen MR) is 136 cm³/mol. The van der Waals surface area contributed by atoms with Gasteiger partial charge in [-0.3, -0.25) is 14.9 Å². The van der Waals surface area contributed by atoms with Crippen molar-refractivity contribution in [3.05, 3.63) is 12.2 Å². The molecule has 11 atom stereocenters. The Morgan fingerprint density at radius 1 is 1.15 bits per heavy atom. The number of hydrogen-bond acceptors (Lipinski definition) is 6. The van der Waals surface area contributed by atoms with Gasteiger partial charge >= 0.3 is 12.3 Å². The molecule has 4 bridgehead atoms. The number of hydrogen-bond donors (Lipinski definition) is 2. The number of imide groups is 1. The summed E-state index contributed by atoms with van der Waals surface area (Å²) in [6.45, 7) is 9.70. The summed E-state index contributed by atoms with van der Waals surface area (Å²) in [5, 5.41) is 14.0. The second-order valence-electron chi connectivity index (χ2n) is 13.6. The third kappa shape index (κ3) is 4.63. The minimum absolute atomic E-state index is 0.0543. The average molecular weight is 555 g/mol. The maximum absolute atomic E-state index is 13.5. The fourth-order valence-corrected chi connectivity index (χ4v) is 9.18. The highest BCUT2D eigenvalue weighted by atomic mass is 19.4. The lowest BCUT2D eigenvalue weighted by Crippen LogP contribution is -2.63. The average Bonchev–Trinajstić information content (AvgIpc) is 3.58. The van der Waals surface area contributed by atoms with Crippen molar-refractivity contribution < 1.29 is 37.4 Å². The third-order valence-corrected chi connectivity index (χ3v) is 11.6. The molecule has 2 heterocycles. The first kappa shape index (κ1) is 28.6. The van der Waals surface area contributed by atoms with E-state index in [1.807, 2.05) is 20.8 Å². The molecule has 218 valence electrons. The fourth-order valence-electron chi connectivity index (χ4n) is 9.18. The summed E-state index contributed by atoms with van der Waals surface area (Å²) in [5.74, 6) is -1.46. The van der Waals surface area contributed by atoms with E-state index in [2.05, 4.69) is 10.2 Å². The van der Waals surface area contributed by atoms with Crippen LogP contribution in [-0.2, 0) is 14.3 Å². The Labute approximate surface area is 227 Å². The number of aliphatic hydroxyl groups is 1. The van der Waals surface area contributed by atoms with Gasteiger partial charge in [0.25, 0.3) is 0 Å². The molecule has 0 radical (unpaired) electrons. The number of amides is 2. The van der Waals surface area contributed by atoms with E-state index in [0.717, 1.165) is 32.0 Å². The lowest BCUT2D eigenvalue weighted by Gasteiger charge is -2.61. The van der Waals surface area contributed by atoms with Crippen LogP contribution in [0.2, 0.25) is 0 Å². The molecule has 2 saturated heterocycles. The quantitative estimate of drug-likeness (QED) is 0.500. The molecule has 0 spiro atoms. The number of alkyl carbamates (subject to hydrolysis) is 1. The van der Waals surface area contributed by atoms with Crippen LogP contribution in [0.25, 0.3) is 0 Å². The molecule has 2 amide bonds. The number of nitrogens with zero attached hydrogens (tertiary/aromatic N) is 1. The highest BCUT2D eigenvalue weighted by Crippen LogP contribution is 2.68. The molecule has 2 aliphatic heterocycles. The van der Waals surface area contributed by atoms with E-state index in [9.17, 15) is 32.7 Å². The Bertz CT molecular complexity index is 1060. The van der Waals surface area contributed by atoms with E-state index < -0.39 is 58.5 Å². The number of Topliss-reactive ketones (excluding diaryl/α,β-unsaturated/α-hetero) is 1. The van der Waals surface area contributed by atoms with Crippen LogP contribution in [0.5, 0.6) is 0 Å². The molecule has 3 unspecified atom stereocenters. The summed E-state index contributed by atoms with van der Waals surface area (Å²) in [6, 6.07) is 0. The highest BCUT2D eigenvalue weighted by Gasteiger charge is 2.68. The van der Waals surface area contributed by atoms with Crippen LogP contribution in [-0.4, -0.2) is 65.8 Å². The summed E-state index contributed by atoms with van der Waals surface area (Å²) in [5.41, 5.74) is -2.85. The molecular weight excluding hydrogens is 513 g/mol. The third-order valence-electron chi connectivity index (χ3n) is 11.6. The van der Waals surface area contributed by atoms with Gasteiger partial charge in [0.15, 0.2) is 0 Å². The van der Waals surface area contributed by atoms with Crippen molar-refractivity contribution in [3.8, 4) is 0 Å². The molecule has 7 nitrogen and oxygen atoms in total. The first-order chi connectivity index (χ1) is 18.1. The molecule has 0 aromatic heterocycles. The summed E-state index contributed by atoms with van der Waals surface area (Å²) < 4.78 is 46.0. The van der Waals surface area contributed by atoms with Gasteiger partial charge in [0, 0.05) is 42.3 Å². The maximum atomic E-state index is 13.5. The van der Waals surface area contributed by atoms with E-state index in [4.69, 9.17) is 4.74 Å². The monoisotopic (exact) mass is 554 g/mol. The number of fused-ring (bicyclic) bond motifs is 2. The molecule has 0 aromatic rings. The zero-order chi connectivity index (χ0) is 28.5. The summed E-state index contributed by atoms with van der Waals surface area (Å²) in [7, 11) is 0. The van der Waals surface area contributed by atoms with Crippen LogP contribution in [0.3, 0.4) is 0 Å². The number of alkyl halides is 3. The number of halogens is 3. The topological polar surface area (TPSA) is 95.9 Å². The zero-order valence-electron chi connectivity index (χ0n) is 23.2. The largest absolute Gasteiger partial charge is 0.445 e. The van der Waals surface area contributed by atoms with Crippen molar-refractivity contribution in [2.45, 2.75) is 84.6 Å². The van der Waals surface area contributed by atoms with Crippen LogP contribution in [0.1, 0.15) is 66.2 Å². The minimum Gasteiger partial charge on any atom is -0.445 e. The second kappa shape index (κ2) is 9.57. The van der Waals surface area contributed by atoms with Crippen molar-refractivity contribution >= 4 is 17.8 Å². The van der Waals surface area contributed by atoms with Gasteiger partial charge in [0.1, 0.15) is 11.9 Å². The van der Waals surface area contributed by atoms with E-state index in [-0.39, 0.29) is 36.0 Å². The number of carbonyl (C=O) groups is 3. The fraction of sp³-hybridized carbons (Fsp3) is 0.828. The highest BCUT2D eigenvalue weighted by molar-refractivity contribution is 5.93. The van der Waals surface area contributed by atoms with E-state index >= 15 is 0 Å². The van der Waals surface area contributed by atoms with Crippen LogP contribution >= 0.6 is 0 Å². The molecule has 10 heteroatoms. The number of carbonyl (C=O) groups excluding carboxylic acids is 3. The maximum Gasteiger partial charge on any atom is 0.414 e. The Morgan fingerprint density at radius 3 is 2.49 bits per heavy atom. The van der Waals surface area contributed by atoms with E-state index in [0.29, 0.717) is 25.8 Å². The Balaban J connectivity index is 1.50. The first-order valence-corrected chi connectivity index (χ1v) is 14.3. The number of allylic oxidation sites excluding steroid dienone is 1. The van der Waals surface area contributed by atoms with Crippen molar-refractivity contribution in [3.63, 3.8) is 0 Å². The van der Waals surface area contributed by atoms with Gasteiger partial charge in [-0.25, -0.2) is 4.79 Å². The number of rotatable bonds is 3. The van der Waals surface area contributed by atoms with Crippen LogP contribution in [0.4, 0.5) is 18.0 Å². The Kier molecular flexibility index (Phi) is 7.01. The molecule has 5 aliphatic rings. The number of nitrogens with one attached hydrogen (secondary N) is 1. The standard InChI is InChI=1S/C29H41F3N2O5/c1-16-5-8-28-9-6-20(35)22(28)27(16,4)21(13-26(3,23(36)17(28)2)10-11-29(30,31)32)39-25(38)33-24(37)19-15-34-12-7-18(19)14-34/h10-11,16-19,21-23,36H,5-9,12-15H2,1-4H3,(H,33,37,38)/t16-,17+,18-,19+,21-,22?,23+,26-,27+,28?/m1/s1. The smallest absolute Gasteiger partial charge is 0.414 e. The van der Waals surface area contributed by atoms with Gasteiger partial charge in [-0.1, -0.05) is 33.8 Å². The molecule has 0 aromatic carbocycles. The van der Waals surface area contributed by atoms with Gasteiger partial charge in [-0.15, -0.1) is 0 Å². The second-order valence-corrected chi connectivity index (χ2v) is 13.6. The summed E-state index contributed by atoms with van der Waals surface area (Å²) in [4.78, 5) is 41.9. The Morgan fingerprint density at radius 2 is 1.87 bits per heavy atom. The SMILES string of the molecule is C[C@@H]1CCC23CCC(=O)C2[C@]1(C)[C@H](OC(=O)NC(=O)[C@H]1CN2CC[C@@H]1C2)C[C@@](C)(C=CC(F)(F)F)[C@@H](O)[C@@H]3C. The lowest BCUT2D eigenvalue weighted by atomic mass is 9.44. The zero-order valence-corrected chi connectivity index (χ0v) is 23.2. The van der Waals surface area contributed by atoms with Gasteiger partial charge in [0.2, 0.25) is 5.91 Å². The predicted octanol–water partition coefficient (Wildman–Crippen LogP) is 4.49. The van der Waals surface area contributed by atoms with Gasteiger partial charge in [-0.05, 0) is 61.8 Å². The normalized spacial score (nSPS) is 47.5. The first-order valence-electron chi connectivity index (χ1n) is 14.3. The molecular formula is C29H41F3N2O5. The molecule has 3 saturated carbocycles. The van der Waals surface area contributed by atoms with Crippen molar-refractivity contribution in [2.24, 2.45) is 45.8 Å². The molecule has 5 rings (SSSR count). The van der Waals surface area contributed by atoms with Gasteiger partial charge < -0.3 is 14.7 Å². The molecule has 39 heavy (non-hydrogen) atoms. The molecule has 3 aliphatic carbocycles. The van der Waals surface area contributed by atoms with Gasteiger partial charge in [0.05, 0.1) is 12.0 Å². The summed E-state index contributed by atoms with van der Waals surface area (Å²) in [6.07, 6.45) is -3.47. The lowest BCUT2D eigenvalue weighted by molar-refractivity contribution is -0.191. The number of piperidine rings is 1. The van der Waals surface area contributed by atoms with Crippen LogP contribution in [0, 0.1) is 45.8 Å².